The van der Waals surface area contributed by atoms with Gasteiger partial charge in [0.15, 0.2) is 22.4 Å². The van der Waals surface area contributed by atoms with Gasteiger partial charge in [-0.3, -0.25) is 4.79 Å². The van der Waals surface area contributed by atoms with Gasteiger partial charge in [-0.2, -0.15) is 0 Å². The summed E-state index contributed by atoms with van der Waals surface area (Å²) in [7, 11) is 1.63. The molecule has 1 aliphatic heterocycles. The summed E-state index contributed by atoms with van der Waals surface area (Å²) in [6.07, 6.45) is 4.58. The number of ketones is 1. The number of Topliss-reactive ketones (excluding diaryl/α,β-unsaturated/α-hetero) is 1. The number of hydrogen-bond donors (Lipinski definition) is 2. The predicted molar refractivity (Wildman–Crippen MR) is 128 cm³/mol. The average Bonchev–Trinajstić information content (AvgIpc) is 2.78. The molecule has 1 aliphatic rings. The molecule has 2 aromatic rings. The van der Waals surface area contributed by atoms with E-state index in [1.807, 2.05) is 55.5 Å². The predicted octanol–water partition coefficient (Wildman–Crippen LogP) is 5.33. The minimum Gasteiger partial charge on any atom is -0.493 e. The smallest absolute Gasteiger partial charge is 0.193 e. The van der Waals surface area contributed by atoms with E-state index in [-0.39, 0.29) is 11.8 Å². The lowest BCUT2D eigenvalue weighted by atomic mass is 9.89. The molecule has 5 nitrogen and oxygen atoms in total. The van der Waals surface area contributed by atoms with Crippen LogP contribution in [0.5, 0.6) is 11.5 Å². The fraction of sp³-hybridized carbons (Fsp3) is 0.360. The summed E-state index contributed by atoms with van der Waals surface area (Å²) < 4.78 is 11.5. The largest absolute Gasteiger partial charge is 0.493 e. The second kappa shape index (κ2) is 11.0. The molecule has 0 amide bonds. The zero-order chi connectivity index (χ0) is 22.2. The lowest BCUT2D eigenvalue weighted by molar-refractivity contribution is 0.102. The number of benzene rings is 2. The summed E-state index contributed by atoms with van der Waals surface area (Å²) in [6.45, 7) is 4.72. The van der Waals surface area contributed by atoms with Crippen molar-refractivity contribution in [2.45, 2.75) is 45.6 Å². The summed E-state index contributed by atoms with van der Waals surface area (Å²) in [5.74, 6) is 1.31. The molecule has 0 aliphatic carbocycles. The van der Waals surface area contributed by atoms with Crippen LogP contribution in [0.15, 0.2) is 59.8 Å². The molecule has 164 valence electrons. The Balaban J connectivity index is 1.87. The van der Waals surface area contributed by atoms with Crippen LogP contribution in [-0.4, -0.2) is 24.6 Å². The molecule has 0 spiro atoms. The van der Waals surface area contributed by atoms with E-state index in [0.29, 0.717) is 34.4 Å². The molecule has 2 N–H and O–H groups in total. The molecule has 0 radical (unpaired) electrons. The van der Waals surface area contributed by atoms with Gasteiger partial charge >= 0.3 is 0 Å². The van der Waals surface area contributed by atoms with E-state index in [9.17, 15) is 4.79 Å². The van der Waals surface area contributed by atoms with Gasteiger partial charge in [-0.1, -0.05) is 62.6 Å². The van der Waals surface area contributed by atoms with E-state index in [0.717, 1.165) is 24.1 Å². The SMILES string of the molecule is CCCCCCOc1ccc([C@@H]2NC(=S)NC(C)=C2C(=O)c2ccccc2)cc1OC. The lowest BCUT2D eigenvalue weighted by Gasteiger charge is -2.30. The third-order valence-corrected chi connectivity index (χ3v) is 5.55. The highest BCUT2D eigenvalue weighted by molar-refractivity contribution is 7.80. The highest BCUT2D eigenvalue weighted by Gasteiger charge is 2.31. The van der Waals surface area contributed by atoms with Crippen molar-refractivity contribution in [1.29, 1.82) is 0 Å². The third kappa shape index (κ3) is 5.64. The zero-order valence-electron chi connectivity index (χ0n) is 18.4. The van der Waals surface area contributed by atoms with Crippen LogP contribution in [0.2, 0.25) is 0 Å². The van der Waals surface area contributed by atoms with Crippen molar-refractivity contribution in [1.82, 2.24) is 10.6 Å². The van der Waals surface area contributed by atoms with Crippen molar-refractivity contribution in [2.24, 2.45) is 0 Å². The highest BCUT2D eigenvalue weighted by Crippen LogP contribution is 2.35. The molecular formula is C25H30N2O3S. The summed E-state index contributed by atoms with van der Waals surface area (Å²) in [5.41, 5.74) is 2.91. The van der Waals surface area contributed by atoms with Crippen LogP contribution < -0.4 is 20.1 Å². The first-order chi connectivity index (χ1) is 15.0. The summed E-state index contributed by atoms with van der Waals surface area (Å²) in [5, 5.41) is 6.82. The van der Waals surface area contributed by atoms with Crippen molar-refractivity contribution in [3.63, 3.8) is 0 Å². The number of carbonyl (C=O) groups excluding carboxylic acids is 1. The average molecular weight is 439 g/mol. The molecule has 0 unspecified atom stereocenters. The maximum Gasteiger partial charge on any atom is 0.193 e. The topological polar surface area (TPSA) is 59.6 Å². The van der Waals surface area contributed by atoms with E-state index in [1.54, 1.807) is 7.11 Å². The van der Waals surface area contributed by atoms with E-state index < -0.39 is 0 Å². The zero-order valence-corrected chi connectivity index (χ0v) is 19.2. The molecule has 0 fully saturated rings. The Morgan fingerprint density at radius 3 is 2.55 bits per heavy atom. The van der Waals surface area contributed by atoms with Gasteiger partial charge in [-0.25, -0.2) is 0 Å². The number of hydrogen-bond acceptors (Lipinski definition) is 4. The summed E-state index contributed by atoms with van der Waals surface area (Å²) in [4.78, 5) is 13.3. The maximum absolute atomic E-state index is 13.3. The first-order valence-electron chi connectivity index (χ1n) is 10.7. The van der Waals surface area contributed by atoms with Gasteiger partial charge in [-0.15, -0.1) is 0 Å². The fourth-order valence-electron chi connectivity index (χ4n) is 3.68. The minimum absolute atomic E-state index is 0.0409. The van der Waals surface area contributed by atoms with Gasteiger partial charge in [0.25, 0.3) is 0 Å². The Bertz CT molecular complexity index is 956. The Labute approximate surface area is 189 Å². The monoisotopic (exact) mass is 438 g/mol. The Morgan fingerprint density at radius 2 is 1.84 bits per heavy atom. The summed E-state index contributed by atoms with van der Waals surface area (Å²) >= 11 is 5.37. The number of rotatable bonds is 10. The molecule has 1 heterocycles. The van der Waals surface area contributed by atoms with Crippen LogP contribution in [0, 0.1) is 0 Å². The molecule has 0 saturated heterocycles. The van der Waals surface area contributed by atoms with Crippen LogP contribution in [0.4, 0.5) is 0 Å². The van der Waals surface area contributed by atoms with Gasteiger partial charge in [0.1, 0.15) is 0 Å². The van der Waals surface area contributed by atoms with Crippen molar-refractivity contribution >= 4 is 23.1 Å². The van der Waals surface area contributed by atoms with Crippen LogP contribution in [0.25, 0.3) is 0 Å². The molecule has 0 bridgehead atoms. The lowest BCUT2D eigenvalue weighted by Crippen LogP contribution is -2.44. The number of carbonyl (C=O) groups is 1. The summed E-state index contributed by atoms with van der Waals surface area (Å²) in [6, 6.07) is 14.7. The number of thiocarbonyl (C=S) groups is 1. The molecule has 6 heteroatoms. The number of allylic oxidation sites excluding steroid dienone is 1. The van der Waals surface area contributed by atoms with Gasteiger partial charge < -0.3 is 20.1 Å². The Morgan fingerprint density at radius 1 is 1.06 bits per heavy atom. The van der Waals surface area contributed by atoms with E-state index >= 15 is 0 Å². The van der Waals surface area contributed by atoms with Crippen molar-refractivity contribution in [3.05, 3.63) is 70.9 Å². The molecule has 0 saturated carbocycles. The van der Waals surface area contributed by atoms with Gasteiger partial charge in [0.2, 0.25) is 0 Å². The van der Waals surface area contributed by atoms with Crippen LogP contribution in [0.1, 0.15) is 61.5 Å². The second-order valence-electron chi connectivity index (χ2n) is 7.58. The second-order valence-corrected chi connectivity index (χ2v) is 7.99. The molecular weight excluding hydrogens is 408 g/mol. The number of ether oxygens (including phenoxy) is 2. The van der Waals surface area contributed by atoms with E-state index in [2.05, 4.69) is 17.6 Å². The number of unbranched alkanes of at least 4 members (excludes halogenated alkanes) is 3. The Hall–Kier alpha value is -2.86. The number of nitrogens with one attached hydrogen (secondary N) is 2. The standard InChI is InChI=1S/C25H30N2O3S/c1-4-5-6-10-15-30-20-14-13-19(16-21(20)29-3)23-22(17(2)26-25(31)27-23)24(28)18-11-8-7-9-12-18/h7-9,11-14,16,23H,4-6,10,15H2,1-3H3,(H2,26,27,31)/t23-/m0/s1. The highest BCUT2D eigenvalue weighted by atomic mass is 32.1. The van der Waals surface area contributed by atoms with Crippen LogP contribution >= 0.6 is 12.2 Å². The van der Waals surface area contributed by atoms with Crippen molar-refractivity contribution in [2.75, 3.05) is 13.7 Å². The van der Waals surface area contributed by atoms with E-state index in [4.69, 9.17) is 21.7 Å². The first-order valence-corrected chi connectivity index (χ1v) is 11.1. The van der Waals surface area contributed by atoms with Crippen LogP contribution in [0.3, 0.4) is 0 Å². The first kappa shape index (κ1) is 22.8. The normalized spacial score (nSPS) is 15.8. The quantitative estimate of drug-likeness (QED) is 0.297. The molecule has 2 aromatic carbocycles. The maximum atomic E-state index is 13.3. The van der Waals surface area contributed by atoms with E-state index in [1.165, 1.54) is 12.8 Å². The van der Waals surface area contributed by atoms with Gasteiger partial charge in [-0.05, 0) is 43.3 Å². The molecule has 3 rings (SSSR count). The molecule has 0 aromatic heterocycles. The van der Waals surface area contributed by atoms with Gasteiger partial charge in [0.05, 0.1) is 19.8 Å². The molecule has 1 atom stereocenters. The van der Waals surface area contributed by atoms with Crippen LogP contribution in [-0.2, 0) is 0 Å². The third-order valence-electron chi connectivity index (χ3n) is 5.33. The van der Waals surface area contributed by atoms with Crippen molar-refractivity contribution < 1.29 is 14.3 Å². The Kier molecular flexibility index (Phi) is 8.06. The molecule has 31 heavy (non-hydrogen) atoms. The van der Waals surface area contributed by atoms with Gasteiger partial charge in [0, 0.05) is 16.8 Å². The number of methoxy groups -OCH3 is 1. The minimum atomic E-state index is -0.381. The fourth-order valence-corrected chi connectivity index (χ4v) is 3.95. The van der Waals surface area contributed by atoms with Crippen molar-refractivity contribution in [3.8, 4) is 11.5 Å².